The van der Waals surface area contributed by atoms with Crippen molar-refractivity contribution < 1.29 is 4.79 Å². The van der Waals surface area contributed by atoms with Crippen molar-refractivity contribution in [3.05, 3.63) is 90.0 Å². The first-order chi connectivity index (χ1) is 15.6. The van der Waals surface area contributed by atoms with Crippen LogP contribution in [0, 0.1) is 13.8 Å². The highest BCUT2D eigenvalue weighted by Crippen LogP contribution is 2.29. The minimum absolute atomic E-state index is 0.0297. The molecule has 0 bridgehead atoms. The van der Waals surface area contributed by atoms with Crippen molar-refractivity contribution in [3.63, 3.8) is 0 Å². The van der Waals surface area contributed by atoms with Crippen molar-refractivity contribution in [3.8, 4) is 22.5 Å². The van der Waals surface area contributed by atoms with Gasteiger partial charge in [-0.25, -0.2) is 4.98 Å². The van der Waals surface area contributed by atoms with Crippen molar-refractivity contribution >= 4 is 23.4 Å². The zero-order chi connectivity index (χ0) is 22.3. The van der Waals surface area contributed by atoms with E-state index >= 15 is 0 Å². The molecule has 160 valence electrons. The van der Waals surface area contributed by atoms with Gasteiger partial charge in [-0.05, 0) is 37.1 Å². The Balaban J connectivity index is 1.46. The number of nitrogens with one attached hydrogen (secondary N) is 1. The summed E-state index contributed by atoms with van der Waals surface area (Å²) in [6.07, 6.45) is 0.363. The lowest BCUT2D eigenvalue weighted by molar-refractivity contribution is -0.115. The van der Waals surface area contributed by atoms with Gasteiger partial charge in [0.2, 0.25) is 11.1 Å². The molecule has 1 aromatic heterocycles. The van der Waals surface area contributed by atoms with Crippen LogP contribution in [0.1, 0.15) is 17.5 Å². The number of amides is 1. The Morgan fingerprint density at radius 2 is 1.47 bits per heavy atom. The summed E-state index contributed by atoms with van der Waals surface area (Å²) < 4.78 is 0. The van der Waals surface area contributed by atoms with Gasteiger partial charge in [0.15, 0.2) is 0 Å². The Morgan fingerprint density at radius 3 is 2.12 bits per heavy atom. The fourth-order valence-electron chi connectivity index (χ4n) is 3.24. The van der Waals surface area contributed by atoms with Crippen LogP contribution >= 0.6 is 11.8 Å². The molecule has 0 fully saturated rings. The molecule has 1 amide bonds. The molecule has 0 saturated heterocycles. The molecule has 0 atom stereocenters. The van der Waals surface area contributed by atoms with Crippen LogP contribution in [-0.2, 0) is 4.79 Å². The number of rotatable bonds is 7. The van der Waals surface area contributed by atoms with Gasteiger partial charge in [0.1, 0.15) is 11.4 Å². The Morgan fingerprint density at radius 1 is 0.812 bits per heavy atom. The lowest BCUT2D eigenvalue weighted by Crippen LogP contribution is -2.12. The molecule has 0 aliphatic carbocycles. The second-order valence-corrected chi connectivity index (χ2v) is 8.53. The van der Waals surface area contributed by atoms with Crippen LogP contribution in [-0.4, -0.2) is 26.8 Å². The van der Waals surface area contributed by atoms with Crippen molar-refractivity contribution in [1.82, 2.24) is 15.2 Å². The molecule has 0 radical (unpaired) electrons. The molecule has 0 aliphatic heterocycles. The quantitative estimate of drug-likeness (QED) is 0.360. The predicted molar refractivity (Wildman–Crippen MR) is 131 cm³/mol. The first-order valence-electron chi connectivity index (χ1n) is 10.5. The van der Waals surface area contributed by atoms with E-state index in [1.54, 1.807) is 0 Å². The Kier molecular flexibility index (Phi) is 6.92. The number of nitrogens with zero attached hydrogens (tertiary/aromatic N) is 3. The average molecular weight is 441 g/mol. The number of hydrogen-bond acceptors (Lipinski definition) is 5. The monoisotopic (exact) mass is 440 g/mol. The van der Waals surface area contributed by atoms with Gasteiger partial charge in [-0.1, -0.05) is 78.5 Å². The summed E-state index contributed by atoms with van der Waals surface area (Å²) in [6.45, 7) is 4.09. The summed E-state index contributed by atoms with van der Waals surface area (Å²) >= 11 is 1.43. The van der Waals surface area contributed by atoms with Crippen LogP contribution in [0.25, 0.3) is 22.5 Å². The second-order valence-electron chi connectivity index (χ2n) is 7.47. The topological polar surface area (TPSA) is 67.8 Å². The average Bonchev–Trinajstić information content (AvgIpc) is 2.82. The summed E-state index contributed by atoms with van der Waals surface area (Å²) in [5, 5.41) is 12.3. The van der Waals surface area contributed by atoms with E-state index in [0.717, 1.165) is 33.8 Å². The minimum atomic E-state index is -0.0297. The number of hydrogen-bond donors (Lipinski definition) is 1. The fraction of sp³-hybridized carbons (Fsp3) is 0.154. The number of aryl methyl sites for hydroxylation is 2. The Hall–Kier alpha value is -3.51. The molecular weight excluding hydrogens is 416 g/mol. The molecule has 0 spiro atoms. The van der Waals surface area contributed by atoms with Crippen LogP contribution < -0.4 is 5.32 Å². The number of aromatic nitrogens is 3. The van der Waals surface area contributed by atoms with Gasteiger partial charge in [0, 0.05) is 29.0 Å². The number of anilines is 1. The maximum Gasteiger partial charge on any atom is 0.225 e. The van der Waals surface area contributed by atoms with Gasteiger partial charge in [0.25, 0.3) is 0 Å². The van der Waals surface area contributed by atoms with Crippen molar-refractivity contribution in [2.75, 3.05) is 11.1 Å². The number of carbonyl (C=O) groups is 1. The molecule has 32 heavy (non-hydrogen) atoms. The first-order valence-corrected chi connectivity index (χ1v) is 11.4. The molecule has 3 aromatic carbocycles. The molecule has 5 nitrogen and oxygen atoms in total. The molecular formula is C26H24N4OS. The molecule has 0 aliphatic rings. The maximum absolute atomic E-state index is 12.3. The third-order valence-corrected chi connectivity index (χ3v) is 5.95. The fourth-order valence-corrected chi connectivity index (χ4v) is 3.96. The van der Waals surface area contributed by atoms with Gasteiger partial charge in [-0.3, -0.25) is 4.79 Å². The van der Waals surface area contributed by atoms with E-state index in [1.807, 2.05) is 85.8 Å². The van der Waals surface area contributed by atoms with E-state index in [1.165, 1.54) is 17.3 Å². The summed E-state index contributed by atoms with van der Waals surface area (Å²) in [5.41, 5.74) is 6.66. The van der Waals surface area contributed by atoms with E-state index < -0.39 is 0 Å². The molecule has 0 unspecified atom stereocenters. The SMILES string of the molecule is Cc1ccc(NC(=O)CCSc2nnc(-c3ccccc3)c(-c3ccccc3)n2)cc1C. The van der Waals surface area contributed by atoms with E-state index in [4.69, 9.17) is 4.98 Å². The zero-order valence-electron chi connectivity index (χ0n) is 18.1. The van der Waals surface area contributed by atoms with E-state index in [2.05, 4.69) is 22.4 Å². The molecule has 6 heteroatoms. The molecule has 4 aromatic rings. The van der Waals surface area contributed by atoms with Gasteiger partial charge in [-0.2, -0.15) is 0 Å². The summed E-state index contributed by atoms with van der Waals surface area (Å²) in [5.74, 6) is 0.537. The second kappa shape index (κ2) is 10.2. The van der Waals surface area contributed by atoms with Crippen molar-refractivity contribution in [1.29, 1.82) is 0 Å². The van der Waals surface area contributed by atoms with Gasteiger partial charge in [0.05, 0.1) is 0 Å². The van der Waals surface area contributed by atoms with Gasteiger partial charge in [-0.15, -0.1) is 10.2 Å². The number of thioether (sulfide) groups is 1. The normalized spacial score (nSPS) is 10.7. The Bertz CT molecular complexity index is 1210. The molecule has 1 heterocycles. The standard InChI is InChI=1S/C26H24N4OS/c1-18-13-14-22(17-19(18)2)27-23(31)15-16-32-26-28-24(20-9-5-3-6-10-20)25(29-30-26)21-11-7-4-8-12-21/h3-14,17H,15-16H2,1-2H3,(H,27,31). The molecule has 1 N–H and O–H groups in total. The summed E-state index contributed by atoms with van der Waals surface area (Å²) in [4.78, 5) is 17.1. The first kappa shape index (κ1) is 21.7. The Labute approximate surface area is 192 Å². The molecule has 0 saturated carbocycles. The molecule has 4 rings (SSSR count). The highest BCUT2D eigenvalue weighted by molar-refractivity contribution is 7.99. The zero-order valence-corrected chi connectivity index (χ0v) is 18.9. The van der Waals surface area contributed by atoms with Crippen LogP contribution in [0.2, 0.25) is 0 Å². The smallest absolute Gasteiger partial charge is 0.225 e. The van der Waals surface area contributed by atoms with E-state index in [0.29, 0.717) is 17.3 Å². The number of carbonyl (C=O) groups excluding carboxylic acids is 1. The summed E-state index contributed by atoms with van der Waals surface area (Å²) in [7, 11) is 0. The van der Waals surface area contributed by atoms with Crippen molar-refractivity contribution in [2.24, 2.45) is 0 Å². The summed E-state index contributed by atoms with van der Waals surface area (Å²) in [6, 6.07) is 25.8. The van der Waals surface area contributed by atoms with Crippen LogP contribution in [0.4, 0.5) is 5.69 Å². The lowest BCUT2D eigenvalue weighted by atomic mass is 10.0. The van der Waals surface area contributed by atoms with Crippen molar-refractivity contribution in [2.45, 2.75) is 25.4 Å². The third kappa shape index (κ3) is 5.39. The lowest BCUT2D eigenvalue weighted by Gasteiger charge is -2.10. The highest BCUT2D eigenvalue weighted by atomic mass is 32.2. The van der Waals surface area contributed by atoms with Crippen LogP contribution in [0.5, 0.6) is 0 Å². The van der Waals surface area contributed by atoms with Crippen LogP contribution in [0.3, 0.4) is 0 Å². The maximum atomic E-state index is 12.3. The van der Waals surface area contributed by atoms with E-state index in [-0.39, 0.29) is 5.91 Å². The van der Waals surface area contributed by atoms with E-state index in [9.17, 15) is 4.79 Å². The highest BCUT2D eigenvalue weighted by Gasteiger charge is 2.14. The predicted octanol–water partition coefficient (Wildman–Crippen LogP) is 5.94. The van der Waals surface area contributed by atoms with Crippen LogP contribution in [0.15, 0.2) is 84.0 Å². The minimum Gasteiger partial charge on any atom is -0.326 e. The number of benzene rings is 3. The van der Waals surface area contributed by atoms with Gasteiger partial charge >= 0.3 is 0 Å². The largest absolute Gasteiger partial charge is 0.326 e. The van der Waals surface area contributed by atoms with Gasteiger partial charge < -0.3 is 5.32 Å². The third-order valence-electron chi connectivity index (χ3n) is 5.11.